The van der Waals surface area contributed by atoms with E-state index in [1.165, 1.54) is 31.4 Å². The molecule has 186 valence electrons. The van der Waals surface area contributed by atoms with Crippen molar-refractivity contribution in [3.63, 3.8) is 0 Å². The second-order valence-corrected chi connectivity index (χ2v) is 9.08. The molecule has 36 heavy (non-hydrogen) atoms. The zero-order valence-electron chi connectivity index (χ0n) is 18.8. The summed E-state index contributed by atoms with van der Waals surface area (Å²) in [5, 5.41) is 0.823. The molecule has 4 aromatic rings. The molecule has 0 atom stereocenters. The largest absolute Gasteiger partial charge is 0.496 e. The smallest absolute Gasteiger partial charge is 0.450 e. The van der Waals surface area contributed by atoms with E-state index >= 15 is 0 Å². The molecule has 0 amide bonds. The number of fused-ring (bicyclic) bond motifs is 3. The molecular weight excluding hydrogens is 518 g/mol. The predicted molar refractivity (Wildman–Crippen MR) is 131 cm³/mol. The summed E-state index contributed by atoms with van der Waals surface area (Å²) in [5.41, 5.74) is -0.379. The van der Waals surface area contributed by atoms with Crippen LogP contribution in [0.5, 0.6) is 11.5 Å². The Morgan fingerprint density at radius 1 is 1.06 bits per heavy atom. The second-order valence-electron chi connectivity index (χ2n) is 8.26. The van der Waals surface area contributed by atoms with Gasteiger partial charge in [-0.15, -0.1) is 0 Å². The van der Waals surface area contributed by atoms with E-state index in [0.717, 1.165) is 5.56 Å². The Kier molecular flexibility index (Phi) is 6.36. The van der Waals surface area contributed by atoms with Crippen LogP contribution in [0.2, 0.25) is 10.0 Å². The van der Waals surface area contributed by atoms with Gasteiger partial charge in [-0.05, 0) is 35.9 Å². The lowest BCUT2D eigenvalue weighted by Crippen LogP contribution is -2.32. The Balaban J connectivity index is 1.65. The number of rotatable bonds is 4. The second kappa shape index (κ2) is 9.35. The lowest BCUT2D eigenvalue weighted by atomic mass is 9.99. The van der Waals surface area contributed by atoms with Crippen LogP contribution in [0.3, 0.4) is 0 Å². The number of nitrogens with zero attached hydrogens (tertiary/aromatic N) is 1. The average molecular weight is 536 g/mol. The number of ether oxygens (including phenoxy) is 2. The third-order valence-corrected chi connectivity index (χ3v) is 6.67. The van der Waals surface area contributed by atoms with Gasteiger partial charge >= 0.3 is 6.18 Å². The zero-order valence-corrected chi connectivity index (χ0v) is 20.3. The van der Waals surface area contributed by atoms with Gasteiger partial charge in [0.2, 0.25) is 11.2 Å². The summed E-state index contributed by atoms with van der Waals surface area (Å²) in [6, 6.07) is 14.2. The molecule has 0 saturated carbocycles. The van der Waals surface area contributed by atoms with Crippen LogP contribution in [-0.4, -0.2) is 18.7 Å². The van der Waals surface area contributed by atoms with Crippen molar-refractivity contribution >= 4 is 34.2 Å². The van der Waals surface area contributed by atoms with Crippen molar-refractivity contribution in [3.05, 3.63) is 91.8 Å². The lowest BCUT2D eigenvalue weighted by molar-refractivity contribution is -0.152. The molecule has 2 heterocycles. The molecule has 0 N–H and O–H groups in total. The van der Waals surface area contributed by atoms with Crippen LogP contribution in [0.25, 0.3) is 22.1 Å². The fraction of sp³-hybridized carbons (Fsp3) is 0.192. The van der Waals surface area contributed by atoms with E-state index in [2.05, 4.69) is 0 Å². The van der Waals surface area contributed by atoms with E-state index < -0.39 is 22.9 Å². The predicted octanol–water partition coefficient (Wildman–Crippen LogP) is 7.15. The molecule has 0 saturated heterocycles. The number of hydrogen-bond donors (Lipinski definition) is 0. The Hall–Kier alpha value is -3.20. The van der Waals surface area contributed by atoms with Gasteiger partial charge in [-0.3, -0.25) is 9.69 Å². The van der Waals surface area contributed by atoms with Gasteiger partial charge in [0, 0.05) is 18.7 Å². The monoisotopic (exact) mass is 535 g/mol. The highest BCUT2D eigenvalue weighted by Crippen LogP contribution is 2.42. The number of benzene rings is 3. The Labute approximate surface area is 213 Å². The standard InChI is InChI=1S/C26H18Cl2F3NO4/c1-34-20-5-3-2-4-15(20)22-23(33)16-7-9-21-17(24(16)36-25(22)26(29,30)31)12-32(13-35-21)11-14-6-8-18(27)19(28)10-14/h2-10H,11-13H2,1H3. The molecule has 0 aliphatic carbocycles. The van der Waals surface area contributed by atoms with Crippen molar-refractivity contribution < 1.29 is 27.1 Å². The van der Waals surface area contributed by atoms with Crippen molar-refractivity contribution in [1.82, 2.24) is 4.90 Å². The first kappa shape index (κ1) is 24.5. The molecule has 0 spiro atoms. The summed E-state index contributed by atoms with van der Waals surface area (Å²) in [6.45, 7) is 0.776. The first-order valence-electron chi connectivity index (χ1n) is 10.8. The third kappa shape index (κ3) is 4.40. The number of alkyl halides is 3. The van der Waals surface area contributed by atoms with E-state index in [1.807, 2.05) is 4.90 Å². The van der Waals surface area contributed by atoms with Gasteiger partial charge in [-0.25, -0.2) is 0 Å². The molecule has 10 heteroatoms. The summed E-state index contributed by atoms with van der Waals surface area (Å²) in [7, 11) is 1.32. The number of para-hydroxylation sites is 1. The number of halogens is 5. The fourth-order valence-corrected chi connectivity index (χ4v) is 4.62. The van der Waals surface area contributed by atoms with Crippen LogP contribution in [0.15, 0.2) is 63.8 Å². The highest BCUT2D eigenvalue weighted by atomic mass is 35.5. The Bertz CT molecular complexity index is 1530. The average Bonchev–Trinajstić information content (AvgIpc) is 2.85. The molecular formula is C26H18Cl2F3NO4. The van der Waals surface area contributed by atoms with E-state index in [-0.39, 0.29) is 35.6 Å². The minimum absolute atomic E-state index is 0.00168. The molecule has 1 aliphatic heterocycles. The number of methoxy groups -OCH3 is 1. The summed E-state index contributed by atoms with van der Waals surface area (Å²) in [5.74, 6) is -0.905. The molecule has 0 bridgehead atoms. The van der Waals surface area contributed by atoms with Crippen molar-refractivity contribution in [2.75, 3.05) is 13.8 Å². The highest BCUT2D eigenvalue weighted by molar-refractivity contribution is 6.42. The van der Waals surface area contributed by atoms with E-state index in [0.29, 0.717) is 27.9 Å². The van der Waals surface area contributed by atoms with Crippen molar-refractivity contribution in [1.29, 1.82) is 0 Å². The zero-order chi connectivity index (χ0) is 25.6. The first-order chi connectivity index (χ1) is 17.2. The van der Waals surface area contributed by atoms with E-state index in [9.17, 15) is 18.0 Å². The summed E-state index contributed by atoms with van der Waals surface area (Å²) in [6.07, 6.45) is -4.93. The Morgan fingerprint density at radius 3 is 2.56 bits per heavy atom. The van der Waals surface area contributed by atoms with Gasteiger partial charge in [0.05, 0.1) is 33.7 Å². The molecule has 3 aromatic carbocycles. The van der Waals surface area contributed by atoms with Crippen LogP contribution >= 0.6 is 23.2 Å². The summed E-state index contributed by atoms with van der Waals surface area (Å²) in [4.78, 5) is 15.3. The molecule has 0 unspecified atom stereocenters. The van der Waals surface area contributed by atoms with Crippen molar-refractivity contribution in [3.8, 4) is 22.6 Å². The van der Waals surface area contributed by atoms with Gasteiger partial charge < -0.3 is 13.9 Å². The van der Waals surface area contributed by atoms with Crippen LogP contribution < -0.4 is 14.9 Å². The molecule has 0 radical (unpaired) electrons. The van der Waals surface area contributed by atoms with Gasteiger partial charge in [0.15, 0.2) is 0 Å². The first-order valence-corrected chi connectivity index (χ1v) is 11.6. The summed E-state index contributed by atoms with van der Waals surface area (Å²) < 4.78 is 59.1. The van der Waals surface area contributed by atoms with Crippen LogP contribution in [0.1, 0.15) is 16.9 Å². The maximum Gasteiger partial charge on any atom is 0.450 e. The van der Waals surface area contributed by atoms with Gasteiger partial charge in [0.1, 0.15) is 23.8 Å². The maximum absolute atomic E-state index is 14.2. The van der Waals surface area contributed by atoms with E-state index in [1.54, 1.807) is 30.3 Å². The van der Waals surface area contributed by atoms with Crippen LogP contribution in [0, 0.1) is 0 Å². The van der Waals surface area contributed by atoms with Gasteiger partial charge in [-0.2, -0.15) is 13.2 Å². The third-order valence-electron chi connectivity index (χ3n) is 5.93. The van der Waals surface area contributed by atoms with Crippen molar-refractivity contribution in [2.24, 2.45) is 0 Å². The molecule has 5 nitrogen and oxygen atoms in total. The minimum Gasteiger partial charge on any atom is -0.496 e. The Morgan fingerprint density at radius 2 is 1.83 bits per heavy atom. The van der Waals surface area contributed by atoms with Gasteiger partial charge in [0.25, 0.3) is 0 Å². The van der Waals surface area contributed by atoms with Gasteiger partial charge in [-0.1, -0.05) is 47.5 Å². The molecule has 0 fully saturated rings. The van der Waals surface area contributed by atoms with Crippen LogP contribution in [-0.2, 0) is 19.3 Å². The SMILES string of the molecule is COc1ccccc1-c1c(C(F)(F)F)oc2c3c(ccc2c1=O)OCN(Cc1ccc(Cl)c(Cl)c1)C3. The van der Waals surface area contributed by atoms with E-state index in [4.69, 9.17) is 37.1 Å². The minimum atomic E-state index is -4.93. The quantitative estimate of drug-likeness (QED) is 0.278. The summed E-state index contributed by atoms with van der Waals surface area (Å²) >= 11 is 12.1. The number of hydrogen-bond acceptors (Lipinski definition) is 5. The fourth-order valence-electron chi connectivity index (χ4n) is 4.30. The van der Waals surface area contributed by atoms with Crippen LogP contribution in [0.4, 0.5) is 13.2 Å². The highest BCUT2D eigenvalue weighted by Gasteiger charge is 2.40. The van der Waals surface area contributed by atoms with Crippen molar-refractivity contribution in [2.45, 2.75) is 19.3 Å². The molecule has 5 rings (SSSR count). The maximum atomic E-state index is 14.2. The topological polar surface area (TPSA) is 51.9 Å². The molecule has 1 aromatic heterocycles. The lowest BCUT2D eigenvalue weighted by Gasteiger charge is -2.29. The molecule has 1 aliphatic rings. The normalized spacial score (nSPS) is 13.9.